The van der Waals surface area contributed by atoms with Gasteiger partial charge in [-0.15, -0.1) is 0 Å². The van der Waals surface area contributed by atoms with Crippen LogP contribution in [0.4, 0.5) is 0 Å². The lowest BCUT2D eigenvalue weighted by Gasteiger charge is -2.16. The molecule has 0 bridgehead atoms. The molecule has 1 aromatic heterocycles. The summed E-state index contributed by atoms with van der Waals surface area (Å²) in [7, 11) is 0. The smallest absolute Gasteiger partial charge is 0.123 e. The zero-order valence-corrected chi connectivity index (χ0v) is 11.3. The van der Waals surface area contributed by atoms with E-state index in [0.717, 1.165) is 23.5 Å². The summed E-state index contributed by atoms with van der Waals surface area (Å²) < 4.78 is 5.71. The topological polar surface area (TPSA) is 48.1 Å². The Morgan fingerprint density at radius 3 is 2.84 bits per heavy atom. The van der Waals surface area contributed by atoms with Crippen molar-refractivity contribution in [3.8, 4) is 16.9 Å². The third kappa shape index (κ3) is 2.10. The van der Waals surface area contributed by atoms with Gasteiger partial charge in [0.1, 0.15) is 5.75 Å². The van der Waals surface area contributed by atoms with Gasteiger partial charge >= 0.3 is 0 Å². The molecule has 0 spiro atoms. The summed E-state index contributed by atoms with van der Waals surface area (Å²) >= 11 is 0. The van der Waals surface area contributed by atoms with Gasteiger partial charge in [0.2, 0.25) is 0 Å². The van der Waals surface area contributed by atoms with E-state index in [1.165, 1.54) is 11.1 Å². The van der Waals surface area contributed by atoms with Crippen molar-refractivity contribution in [1.29, 1.82) is 0 Å². The number of pyridine rings is 1. The number of benzene rings is 1. The molecule has 1 aliphatic heterocycles. The van der Waals surface area contributed by atoms with Crippen molar-refractivity contribution in [2.45, 2.75) is 25.8 Å². The number of hydrogen-bond donors (Lipinski definition) is 1. The molecule has 98 valence electrons. The van der Waals surface area contributed by atoms with Gasteiger partial charge in [-0.25, -0.2) is 0 Å². The fraction of sp³-hybridized carbons (Fsp3) is 0.312. The maximum atomic E-state index is 5.71. The van der Waals surface area contributed by atoms with E-state index in [0.29, 0.717) is 6.54 Å². The molecular formula is C16H18N2O. The second-order valence-electron chi connectivity index (χ2n) is 5.67. The molecule has 0 fully saturated rings. The molecule has 0 saturated carbocycles. The molecule has 3 heteroatoms. The highest BCUT2D eigenvalue weighted by atomic mass is 16.5. The number of hydrogen-bond acceptors (Lipinski definition) is 3. The molecule has 0 atom stereocenters. The van der Waals surface area contributed by atoms with Crippen molar-refractivity contribution < 1.29 is 4.74 Å². The van der Waals surface area contributed by atoms with Crippen LogP contribution in [0.3, 0.4) is 0 Å². The molecule has 0 radical (unpaired) electrons. The average Bonchev–Trinajstić information content (AvgIpc) is 2.74. The largest absolute Gasteiger partial charge is 0.492 e. The molecule has 0 amide bonds. The minimum atomic E-state index is 0.0737. The Labute approximate surface area is 113 Å². The predicted molar refractivity (Wildman–Crippen MR) is 76.1 cm³/mol. The third-order valence-electron chi connectivity index (χ3n) is 3.66. The molecule has 1 aromatic carbocycles. The van der Waals surface area contributed by atoms with Crippen molar-refractivity contribution in [2.24, 2.45) is 5.73 Å². The maximum Gasteiger partial charge on any atom is 0.123 e. The fourth-order valence-electron chi connectivity index (χ4n) is 2.46. The van der Waals surface area contributed by atoms with Crippen molar-refractivity contribution >= 4 is 0 Å². The molecule has 19 heavy (non-hydrogen) atoms. The number of nitrogens with zero attached hydrogens (tertiary/aromatic N) is 1. The molecule has 0 aliphatic carbocycles. The Balaban J connectivity index is 2.07. The summed E-state index contributed by atoms with van der Waals surface area (Å²) in [5, 5.41) is 0. The summed E-state index contributed by atoms with van der Waals surface area (Å²) in [5.41, 5.74) is 10.3. The number of rotatable bonds is 2. The average molecular weight is 254 g/mol. The van der Waals surface area contributed by atoms with Gasteiger partial charge in [0.15, 0.2) is 0 Å². The minimum Gasteiger partial charge on any atom is -0.492 e. The first-order valence-electron chi connectivity index (χ1n) is 6.52. The van der Waals surface area contributed by atoms with Crippen LogP contribution >= 0.6 is 0 Å². The third-order valence-corrected chi connectivity index (χ3v) is 3.66. The Hall–Kier alpha value is -1.87. The maximum absolute atomic E-state index is 5.71. The van der Waals surface area contributed by atoms with Gasteiger partial charge < -0.3 is 10.5 Å². The van der Waals surface area contributed by atoms with E-state index in [-0.39, 0.29) is 5.41 Å². The zero-order chi connectivity index (χ0) is 13.5. The predicted octanol–water partition coefficient (Wildman–Crippen LogP) is 2.88. The summed E-state index contributed by atoms with van der Waals surface area (Å²) in [5.74, 6) is 0.997. The van der Waals surface area contributed by atoms with Crippen LogP contribution in [0.1, 0.15) is 25.0 Å². The van der Waals surface area contributed by atoms with E-state index >= 15 is 0 Å². The zero-order valence-electron chi connectivity index (χ0n) is 11.3. The number of nitrogens with two attached hydrogens (primary N) is 1. The van der Waals surface area contributed by atoms with Crippen LogP contribution in [-0.2, 0) is 12.0 Å². The molecule has 3 rings (SSSR count). The standard InChI is InChI=1S/C16H18N2O/c1-16(2)10-19-15-4-3-12(6-14(15)16)13-5-11(7-17)8-18-9-13/h3-6,8-9H,7,10,17H2,1-2H3. The van der Waals surface area contributed by atoms with E-state index in [1.54, 1.807) is 0 Å². The lowest BCUT2D eigenvalue weighted by Crippen LogP contribution is -2.18. The lowest BCUT2D eigenvalue weighted by molar-refractivity contribution is 0.291. The van der Waals surface area contributed by atoms with Crippen molar-refractivity contribution in [1.82, 2.24) is 4.98 Å². The van der Waals surface area contributed by atoms with Crippen LogP contribution < -0.4 is 10.5 Å². The second kappa shape index (κ2) is 4.35. The van der Waals surface area contributed by atoms with Gasteiger partial charge in [-0.1, -0.05) is 19.9 Å². The Bertz CT molecular complexity index is 620. The summed E-state index contributed by atoms with van der Waals surface area (Å²) in [6.45, 7) is 5.67. The van der Waals surface area contributed by atoms with Gasteiger partial charge in [-0.3, -0.25) is 4.98 Å². The van der Waals surface area contributed by atoms with Crippen molar-refractivity contribution in [3.63, 3.8) is 0 Å². The molecule has 3 nitrogen and oxygen atoms in total. The lowest BCUT2D eigenvalue weighted by atomic mass is 9.85. The SMILES string of the molecule is CC1(C)COc2ccc(-c3cncc(CN)c3)cc21. The Morgan fingerprint density at radius 2 is 2.05 bits per heavy atom. The molecule has 2 heterocycles. The van der Waals surface area contributed by atoms with Gasteiger partial charge in [0.25, 0.3) is 0 Å². The number of ether oxygens (including phenoxy) is 1. The second-order valence-corrected chi connectivity index (χ2v) is 5.67. The van der Waals surface area contributed by atoms with Gasteiger partial charge in [-0.05, 0) is 29.3 Å². The van der Waals surface area contributed by atoms with E-state index in [4.69, 9.17) is 10.5 Å². The molecule has 0 unspecified atom stereocenters. The molecule has 0 saturated heterocycles. The summed E-state index contributed by atoms with van der Waals surface area (Å²) in [6, 6.07) is 8.43. The van der Waals surface area contributed by atoms with E-state index in [9.17, 15) is 0 Å². The van der Waals surface area contributed by atoms with Crippen molar-refractivity contribution in [3.05, 3.63) is 47.8 Å². The van der Waals surface area contributed by atoms with Crippen LogP contribution in [0.25, 0.3) is 11.1 Å². The van der Waals surface area contributed by atoms with Crippen LogP contribution in [0.5, 0.6) is 5.75 Å². The van der Waals surface area contributed by atoms with Gasteiger partial charge in [0.05, 0.1) is 6.61 Å². The monoisotopic (exact) mass is 254 g/mol. The highest BCUT2D eigenvalue weighted by molar-refractivity contribution is 5.66. The van der Waals surface area contributed by atoms with Crippen LogP contribution in [0.2, 0.25) is 0 Å². The summed E-state index contributed by atoms with van der Waals surface area (Å²) in [6.07, 6.45) is 3.69. The highest BCUT2D eigenvalue weighted by Crippen LogP contribution is 2.40. The normalized spacial score (nSPS) is 15.9. The number of fused-ring (bicyclic) bond motifs is 1. The minimum absolute atomic E-state index is 0.0737. The molecular weight excluding hydrogens is 236 g/mol. The molecule has 1 aliphatic rings. The Morgan fingerprint density at radius 1 is 1.21 bits per heavy atom. The van der Waals surface area contributed by atoms with Crippen molar-refractivity contribution in [2.75, 3.05) is 6.61 Å². The first-order chi connectivity index (χ1) is 9.10. The van der Waals surface area contributed by atoms with E-state index < -0.39 is 0 Å². The van der Waals surface area contributed by atoms with Crippen LogP contribution in [0, 0.1) is 0 Å². The van der Waals surface area contributed by atoms with Gasteiger partial charge in [0, 0.05) is 35.5 Å². The van der Waals surface area contributed by atoms with Gasteiger partial charge in [-0.2, -0.15) is 0 Å². The quantitative estimate of drug-likeness (QED) is 0.896. The van der Waals surface area contributed by atoms with Crippen LogP contribution in [0.15, 0.2) is 36.7 Å². The summed E-state index contributed by atoms with van der Waals surface area (Å²) in [4.78, 5) is 4.25. The first kappa shape index (κ1) is 12.2. The van der Waals surface area contributed by atoms with Crippen LogP contribution in [-0.4, -0.2) is 11.6 Å². The molecule has 2 aromatic rings. The number of aromatic nitrogens is 1. The Kier molecular flexibility index (Phi) is 2.79. The van der Waals surface area contributed by atoms with E-state index in [2.05, 4.69) is 43.1 Å². The first-order valence-corrected chi connectivity index (χ1v) is 6.52. The highest BCUT2D eigenvalue weighted by Gasteiger charge is 2.31. The van der Waals surface area contributed by atoms with E-state index in [1.807, 2.05) is 12.4 Å². The molecule has 2 N–H and O–H groups in total. The fourth-order valence-corrected chi connectivity index (χ4v) is 2.46.